The molecule has 8 nitrogen and oxygen atoms in total. The predicted molar refractivity (Wildman–Crippen MR) is 104 cm³/mol. The molecule has 1 aliphatic rings. The van der Waals surface area contributed by atoms with Crippen LogP contribution >= 0.6 is 0 Å². The third-order valence-corrected chi connectivity index (χ3v) is 6.78. The number of nitrogens with one attached hydrogen (secondary N) is 1. The van der Waals surface area contributed by atoms with Crippen molar-refractivity contribution in [2.45, 2.75) is 18.6 Å². The van der Waals surface area contributed by atoms with Gasteiger partial charge < -0.3 is 11.1 Å². The highest BCUT2D eigenvalue weighted by molar-refractivity contribution is 7.89. The standard InChI is InChI=1S/C18H15F6N5O3S/c1-17(7-33(31,32)29(2)16(25)28-17)12-13(20)9(19)5-11(14(12)21)27-15(30)10-4-3-8(6-26-10)18(22,23)24/h3-6H,7H2,1-2H3,(H2,25,28)(H,27,30)/t17-/m0/s1. The van der Waals surface area contributed by atoms with Crippen molar-refractivity contribution < 1.29 is 39.6 Å². The van der Waals surface area contributed by atoms with Crippen molar-refractivity contribution in [3.8, 4) is 0 Å². The number of carbonyl (C=O) groups excluding carboxylic acids is 1. The van der Waals surface area contributed by atoms with Crippen LogP contribution in [-0.2, 0) is 21.7 Å². The summed E-state index contributed by atoms with van der Waals surface area (Å²) in [5, 5.41) is 1.89. The maximum Gasteiger partial charge on any atom is 0.417 e. The molecule has 2 heterocycles. The highest BCUT2D eigenvalue weighted by Gasteiger charge is 2.44. The molecule has 0 radical (unpaired) electrons. The van der Waals surface area contributed by atoms with Gasteiger partial charge in [-0.15, -0.1) is 0 Å². The number of alkyl halides is 3. The molecule has 0 saturated carbocycles. The van der Waals surface area contributed by atoms with Gasteiger partial charge in [-0.3, -0.25) is 9.78 Å². The number of hydrogen-bond donors (Lipinski definition) is 2. The minimum atomic E-state index is -4.71. The lowest BCUT2D eigenvalue weighted by Crippen LogP contribution is -2.50. The molecule has 33 heavy (non-hydrogen) atoms. The van der Waals surface area contributed by atoms with E-state index in [-0.39, 0.29) is 6.07 Å². The van der Waals surface area contributed by atoms with Crippen LogP contribution in [0.5, 0.6) is 0 Å². The molecule has 0 spiro atoms. The Kier molecular flexibility index (Phi) is 5.81. The summed E-state index contributed by atoms with van der Waals surface area (Å²) < 4.78 is 107. The lowest BCUT2D eigenvalue weighted by Gasteiger charge is -2.35. The quantitative estimate of drug-likeness (QED) is 0.502. The molecule has 1 aromatic heterocycles. The van der Waals surface area contributed by atoms with Crippen LogP contribution in [0.4, 0.5) is 32.0 Å². The first-order chi connectivity index (χ1) is 15.1. The number of anilines is 1. The van der Waals surface area contributed by atoms with E-state index in [4.69, 9.17) is 5.73 Å². The van der Waals surface area contributed by atoms with E-state index in [2.05, 4.69) is 9.98 Å². The number of aromatic nitrogens is 1. The van der Waals surface area contributed by atoms with E-state index in [0.29, 0.717) is 22.6 Å². The molecule has 0 fully saturated rings. The van der Waals surface area contributed by atoms with Gasteiger partial charge in [-0.2, -0.15) is 13.2 Å². The van der Waals surface area contributed by atoms with Crippen molar-refractivity contribution in [1.82, 2.24) is 9.29 Å². The van der Waals surface area contributed by atoms with Crippen molar-refractivity contribution in [3.05, 3.63) is 58.7 Å². The maximum atomic E-state index is 15.2. The van der Waals surface area contributed by atoms with E-state index < -0.39 is 79.3 Å². The molecule has 1 aliphatic heterocycles. The molecule has 15 heteroatoms. The number of pyridine rings is 1. The normalized spacial score (nSPS) is 20.4. The lowest BCUT2D eigenvalue weighted by atomic mass is 9.92. The second kappa shape index (κ2) is 7.90. The van der Waals surface area contributed by atoms with Gasteiger partial charge in [0.2, 0.25) is 16.0 Å². The average molecular weight is 495 g/mol. The van der Waals surface area contributed by atoms with Crippen molar-refractivity contribution >= 4 is 27.6 Å². The zero-order valence-electron chi connectivity index (χ0n) is 16.8. The number of nitrogens with two attached hydrogens (primary N) is 1. The number of benzene rings is 1. The molecule has 1 atom stereocenters. The van der Waals surface area contributed by atoms with Crippen molar-refractivity contribution in [2.75, 3.05) is 18.1 Å². The molecule has 0 saturated heterocycles. The predicted octanol–water partition coefficient (Wildman–Crippen LogP) is 2.58. The summed E-state index contributed by atoms with van der Waals surface area (Å²) in [6.45, 7) is 1.01. The zero-order valence-corrected chi connectivity index (χ0v) is 17.7. The third kappa shape index (κ3) is 4.44. The summed E-state index contributed by atoms with van der Waals surface area (Å²) >= 11 is 0. The molecule has 3 rings (SSSR count). The van der Waals surface area contributed by atoms with Gasteiger partial charge in [-0.1, -0.05) is 0 Å². The minimum Gasteiger partial charge on any atom is -0.369 e. The molecule has 1 amide bonds. The Balaban J connectivity index is 2.04. The van der Waals surface area contributed by atoms with Gasteiger partial charge in [0.1, 0.15) is 11.2 Å². The van der Waals surface area contributed by atoms with Crippen LogP contribution in [0.3, 0.4) is 0 Å². The van der Waals surface area contributed by atoms with Crippen LogP contribution in [0.25, 0.3) is 0 Å². The van der Waals surface area contributed by atoms with Crippen molar-refractivity contribution in [3.63, 3.8) is 0 Å². The molecule has 0 bridgehead atoms. The van der Waals surface area contributed by atoms with Gasteiger partial charge in [0.25, 0.3) is 5.91 Å². The van der Waals surface area contributed by atoms with Gasteiger partial charge in [-0.05, 0) is 19.1 Å². The fourth-order valence-corrected chi connectivity index (χ4v) is 4.57. The van der Waals surface area contributed by atoms with E-state index in [1.54, 1.807) is 0 Å². The highest BCUT2D eigenvalue weighted by Crippen LogP contribution is 2.38. The second-order valence-electron chi connectivity index (χ2n) is 7.26. The Morgan fingerprint density at radius 2 is 1.85 bits per heavy atom. The minimum absolute atomic E-state index is 0.288. The van der Waals surface area contributed by atoms with Crippen LogP contribution in [0.1, 0.15) is 28.5 Å². The molecule has 1 aromatic carbocycles. The van der Waals surface area contributed by atoms with Gasteiger partial charge in [0, 0.05) is 19.3 Å². The van der Waals surface area contributed by atoms with Crippen molar-refractivity contribution in [1.29, 1.82) is 0 Å². The Morgan fingerprint density at radius 3 is 2.36 bits per heavy atom. The third-order valence-electron chi connectivity index (χ3n) is 4.83. The summed E-state index contributed by atoms with van der Waals surface area (Å²) in [5.74, 6) is -7.75. The molecule has 2 aromatic rings. The lowest BCUT2D eigenvalue weighted by molar-refractivity contribution is -0.137. The van der Waals surface area contributed by atoms with E-state index in [9.17, 15) is 35.2 Å². The Hall–Kier alpha value is -3.36. The van der Waals surface area contributed by atoms with Crippen LogP contribution < -0.4 is 11.1 Å². The smallest absolute Gasteiger partial charge is 0.369 e. The van der Waals surface area contributed by atoms with Crippen LogP contribution in [-0.4, -0.2) is 42.4 Å². The molecule has 0 aliphatic carbocycles. The van der Waals surface area contributed by atoms with Crippen LogP contribution in [0.15, 0.2) is 29.4 Å². The number of amides is 1. The number of halogens is 6. The van der Waals surface area contributed by atoms with Crippen molar-refractivity contribution in [2.24, 2.45) is 10.7 Å². The number of guanidine groups is 1. The first-order valence-corrected chi connectivity index (χ1v) is 10.5. The maximum absolute atomic E-state index is 15.2. The first-order valence-electron chi connectivity index (χ1n) is 8.91. The summed E-state index contributed by atoms with van der Waals surface area (Å²) in [5.41, 5.74) is -0.408. The molecular weight excluding hydrogens is 480 g/mol. The van der Waals surface area contributed by atoms with Gasteiger partial charge in [0.15, 0.2) is 17.5 Å². The number of nitrogens with zero attached hydrogens (tertiary/aromatic N) is 3. The summed E-state index contributed by atoms with van der Waals surface area (Å²) in [4.78, 5) is 19.4. The Bertz CT molecular complexity index is 1260. The summed E-state index contributed by atoms with van der Waals surface area (Å²) in [6.07, 6.45) is -4.35. The molecular formula is C18H15F6N5O3S. The van der Waals surface area contributed by atoms with E-state index in [0.717, 1.165) is 14.0 Å². The van der Waals surface area contributed by atoms with Crippen LogP contribution in [0.2, 0.25) is 0 Å². The Morgan fingerprint density at radius 1 is 1.21 bits per heavy atom. The second-order valence-corrected chi connectivity index (χ2v) is 9.26. The van der Waals surface area contributed by atoms with E-state index in [1.165, 1.54) is 0 Å². The highest BCUT2D eigenvalue weighted by atomic mass is 32.2. The SMILES string of the molecule is CN1C(N)=N[C@](C)(c2c(F)c(F)cc(NC(=O)c3ccc(C(F)(F)F)cn3)c2F)CS1(=O)=O. The largest absolute Gasteiger partial charge is 0.417 e. The monoisotopic (exact) mass is 495 g/mol. The zero-order chi connectivity index (χ0) is 24.9. The van der Waals surface area contributed by atoms with Gasteiger partial charge in [-0.25, -0.2) is 30.9 Å². The van der Waals surface area contributed by atoms with Crippen LogP contribution in [0, 0.1) is 17.5 Å². The molecule has 3 N–H and O–H groups in total. The number of sulfonamides is 1. The summed E-state index contributed by atoms with van der Waals surface area (Å²) in [6, 6.07) is 1.54. The molecule has 0 unspecified atom stereocenters. The number of rotatable bonds is 3. The first kappa shape index (κ1) is 24.3. The van der Waals surface area contributed by atoms with E-state index in [1.807, 2.05) is 5.32 Å². The van der Waals surface area contributed by atoms with Gasteiger partial charge in [0.05, 0.1) is 22.6 Å². The number of carbonyl (C=O) groups is 1. The Labute approximate surface area is 183 Å². The average Bonchev–Trinajstić information content (AvgIpc) is 2.69. The fraction of sp³-hybridized carbons (Fsp3) is 0.278. The van der Waals surface area contributed by atoms with E-state index >= 15 is 4.39 Å². The molecule has 178 valence electrons. The van der Waals surface area contributed by atoms with Gasteiger partial charge >= 0.3 is 6.18 Å². The fourth-order valence-electron chi connectivity index (χ4n) is 3.13. The number of hydrogen-bond acceptors (Lipinski definition) is 6. The number of aliphatic imine (C=N–C) groups is 1. The topological polar surface area (TPSA) is 118 Å². The summed E-state index contributed by atoms with van der Waals surface area (Å²) in [7, 11) is -3.11.